The highest BCUT2D eigenvalue weighted by molar-refractivity contribution is 6.41. The van der Waals surface area contributed by atoms with Crippen molar-refractivity contribution in [3.05, 3.63) is 84.8 Å². The third-order valence-corrected chi connectivity index (χ3v) is 4.39. The van der Waals surface area contributed by atoms with E-state index in [-0.39, 0.29) is 12.5 Å². The number of nitrogens with one attached hydrogen (secondary N) is 2. The first-order valence-electron chi connectivity index (χ1n) is 8.59. The Morgan fingerprint density at radius 1 is 1.37 bits per heavy atom. The summed E-state index contributed by atoms with van der Waals surface area (Å²) in [5.41, 5.74) is 11.8. The number of allylic oxidation sites excluding steroid dienone is 4. The van der Waals surface area contributed by atoms with E-state index in [1.807, 2.05) is 30.3 Å². The Bertz CT molecular complexity index is 952. The van der Waals surface area contributed by atoms with Crippen LogP contribution in [0, 0.1) is 5.92 Å². The molecule has 136 valence electrons. The van der Waals surface area contributed by atoms with Crippen molar-refractivity contribution in [3.8, 4) is 0 Å². The number of hydroxylamine groups is 1. The van der Waals surface area contributed by atoms with Gasteiger partial charge in [0.25, 0.3) is 0 Å². The summed E-state index contributed by atoms with van der Waals surface area (Å²) in [7, 11) is 0.385. The maximum absolute atomic E-state index is 12.9. The Hall–Kier alpha value is -3.16. The minimum absolute atomic E-state index is 0.136. The van der Waals surface area contributed by atoms with E-state index in [1.54, 1.807) is 24.5 Å². The van der Waals surface area contributed by atoms with Gasteiger partial charge in [0.2, 0.25) is 5.91 Å². The molecule has 1 aliphatic rings. The van der Waals surface area contributed by atoms with E-state index in [2.05, 4.69) is 28.9 Å². The molecular weight excluding hydrogens is 339 g/mol. The number of nitrogens with zero attached hydrogens (tertiary/aromatic N) is 1. The maximum Gasteiger partial charge on any atom is 0.347 e. The van der Waals surface area contributed by atoms with Crippen molar-refractivity contribution in [2.24, 2.45) is 11.7 Å². The van der Waals surface area contributed by atoms with Gasteiger partial charge in [0.05, 0.1) is 11.6 Å². The monoisotopic (exact) mass is 360 g/mol. The average Bonchev–Trinajstić information content (AvgIpc) is 3.14. The largest absolute Gasteiger partial charge is 0.347 e. The van der Waals surface area contributed by atoms with Gasteiger partial charge in [-0.3, -0.25) is 15.3 Å². The van der Waals surface area contributed by atoms with E-state index < -0.39 is 5.92 Å². The lowest BCUT2D eigenvalue weighted by atomic mass is 9.82. The lowest BCUT2D eigenvalue weighted by Gasteiger charge is -2.19. The normalized spacial score (nSPS) is 17.7. The molecule has 0 aliphatic carbocycles. The number of nitrogens with two attached hydrogens (primary N) is 1. The van der Waals surface area contributed by atoms with Crippen LogP contribution in [0.4, 0.5) is 5.69 Å². The van der Waals surface area contributed by atoms with Crippen LogP contribution < -0.4 is 16.5 Å². The molecule has 0 radical (unpaired) electrons. The molecular formula is C20H21BN4O2. The second kappa shape index (κ2) is 8.48. The predicted molar refractivity (Wildman–Crippen MR) is 110 cm³/mol. The molecule has 1 fully saturated rings. The summed E-state index contributed by atoms with van der Waals surface area (Å²) in [6.07, 6.45) is 8.64. The fourth-order valence-electron chi connectivity index (χ4n) is 3.03. The summed E-state index contributed by atoms with van der Waals surface area (Å²) in [6.45, 7) is 7.69. The number of rotatable bonds is 6. The van der Waals surface area contributed by atoms with Crippen molar-refractivity contribution in [1.29, 1.82) is 0 Å². The first-order valence-corrected chi connectivity index (χ1v) is 8.59. The highest BCUT2D eigenvalue weighted by Crippen LogP contribution is 2.25. The number of benzene rings is 1. The summed E-state index contributed by atoms with van der Waals surface area (Å²) in [5, 5.41) is 4.94. The Balaban J connectivity index is 1.89. The van der Waals surface area contributed by atoms with Gasteiger partial charge >= 0.3 is 7.48 Å². The maximum atomic E-state index is 12.9. The van der Waals surface area contributed by atoms with Crippen LogP contribution in [0.15, 0.2) is 84.8 Å². The highest BCUT2D eigenvalue weighted by Gasteiger charge is 2.27. The molecule has 1 aromatic carbocycles. The standard InChI is InChI=1S/C20H21BN4O2/c1-3-5-18-19(25-27-21-18)16(4-2)17(11-22)20(26)24-15-7-6-14-12-23-9-8-13(14)10-15/h3-10,12,17,21,25H,1-2,11,22H2,(H,24,26)/b18-5+,19-16-. The van der Waals surface area contributed by atoms with Crippen molar-refractivity contribution >= 4 is 29.8 Å². The van der Waals surface area contributed by atoms with Crippen molar-refractivity contribution < 1.29 is 9.55 Å². The number of hydrogen-bond acceptors (Lipinski definition) is 5. The Labute approximate surface area is 158 Å². The first kappa shape index (κ1) is 18.6. The van der Waals surface area contributed by atoms with E-state index in [0.717, 1.165) is 16.2 Å². The zero-order valence-electron chi connectivity index (χ0n) is 14.9. The average molecular weight is 360 g/mol. The quantitative estimate of drug-likeness (QED) is 0.687. The predicted octanol–water partition coefficient (Wildman–Crippen LogP) is 2.14. The number of anilines is 1. The van der Waals surface area contributed by atoms with Gasteiger partial charge in [0.15, 0.2) is 0 Å². The lowest BCUT2D eigenvalue weighted by Crippen LogP contribution is -2.32. The first-order chi connectivity index (χ1) is 13.2. The molecule has 3 rings (SSSR count). The van der Waals surface area contributed by atoms with Crippen LogP contribution in [0.5, 0.6) is 0 Å². The van der Waals surface area contributed by atoms with Gasteiger partial charge in [0, 0.05) is 30.0 Å². The lowest BCUT2D eigenvalue weighted by molar-refractivity contribution is -0.118. The van der Waals surface area contributed by atoms with E-state index in [1.165, 1.54) is 0 Å². The van der Waals surface area contributed by atoms with Crippen LogP contribution in [0.25, 0.3) is 10.8 Å². The molecule has 7 heteroatoms. The van der Waals surface area contributed by atoms with E-state index in [9.17, 15) is 4.79 Å². The Kier molecular flexibility index (Phi) is 5.85. The van der Waals surface area contributed by atoms with Crippen LogP contribution in [-0.2, 0) is 9.55 Å². The zero-order chi connectivity index (χ0) is 19.2. The molecule has 0 bridgehead atoms. The van der Waals surface area contributed by atoms with Crippen LogP contribution >= 0.6 is 0 Å². The van der Waals surface area contributed by atoms with E-state index >= 15 is 0 Å². The third kappa shape index (κ3) is 4.00. The molecule has 1 atom stereocenters. The molecule has 2 aromatic rings. The third-order valence-electron chi connectivity index (χ3n) is 4.39. The molecule has 2 heterocycles. The molecule has 4 N–H and O–H groups in total. The molecule has 1 aliphatic heterocycles. The minimum Gasteiger partial charge on any atom is -0.339 e. The fraction of sp³-hybridized carbons (Fsp3) is 0.100. The second-order valence-electron chi connectivity index (χ2n) is 6.07. The summed E-state index contributed by atoms with van der Waals surface area (Å²) < 4.78 is 5.30. The van der Waals surface area contributed by atoms with Gasteiger partial charge in [-0.2, -0.15) is 0 Å². The minimum atomic E-state index is -0.576. The molecule has 1 amide bonds. The van der Waals surface area contributed by atoms with Crippen molar-refractivity contribution in [2.45, 2.75) is 0 Å². The Morgan fingerprint density at radius 2 is 2.22 bits per heavy atom. The molecule has 6 nitrogen and oxygen atoms in total. The van der Waals surface area contributed by atoms with Crippen molar-refractivity contribution in [1.82, 2.24) is 10.5 Å². The van der Waals surface area contributed by atoms with Crippen LogP contribution in [0.3, 0.4) is 0 Å². The van der Waals surface area contributed by atoms with E-state index in [4.69, 9.17) is 10.5 Å². The second-order valence-corrected chi connectivity index (χ2v) is 6.07. The van der Waals surface area contributed by atoms with Gasteiger partial charge < -0.3 is 15.8 Å². The smallest absolute Gasteiger partial charge is 0.339 e. The van der Waals surface area contributed by atoms with Gasteiger partial charge in [0.1, 0.15) is 0 Å². The van der Waals surface area contributed by atoms with Gasteiger partial charge in [-0.05, 0) is 34.6 Å². The van der Waals surface area contributed by atoms with Crippen molar-refractivity contribution in [3.63, 3.8) is 0 Å². The van der Waals surface area contributed by atoms with Crippen LogP contribution in [0.2, 0.25) is 0 Å². The molecule has 1 saturated heterocycles. The van der Waals surface area contributed by atoms with Crippen LogP contribution in [0.1, 0.15) is 0 Å². The molecule has 27 heavy (non-hydrogen) atoms. The summed E-state index contributed by atoms with van der Waals surface area (Å²) in [5.74, 6) is -0.784. The number of aromatic nitrogens is 1. The number of carbonyl (C=O) groups excluding carboxylic acids is 1. The number of carbonyl (C=O) groups is 1. The van der Waals surface area contributed by atoms with Gasteiger partial charge in [-0.25, -0.2) is 0 Å². The summed E-state index contributed by atoms with van der Waals surface area (Å²) >= 11 is 0. The number of hydrogen-bond donors (Lipinski definition) is 3. The topological polar surface area (TPSA) is 89.3 Å². The SMILES string of the molecule is C=C/C=C1/BON/C1=C(/C=C)C(CN)C(=O)Nc1ccc2cnccc2c1. The van der Waals surface area contributed by atoms with Crippen molar-refractivity contribution in [2.75, 3.05) is 11.9 Å². The highest BCUT2D eigenvalue weighted by atomic mass is 16.6. The Morgan fingerprint density at radius 3 is 2.96 bits per heavy atom. The van der Waals surface area contributed by atoms with Gasteiger partial charge in [-0.15, -0.1) is 0 Å². The molecule has 0 spiro atoms. The van der Waals surface area contributed by atoms with E-state index in [0.29, 0.717) is 24.4 Å². The molecule has 0 saturated carbocycles. The zero-order valence-corrected chi connectivity index (χ0v) is 14.9. The fourth-order valence-corrected chi connectivity index (χ4v) is 3.03. The van der Waals surface area contributed by atoms with Gasteiger partial charge in [-0.1, -0.05) is 37.5 Å². The number of fused-ring (bicyclic) bond motifs is 1. The summed E-state index contributed by atoms with van der Waals surface area (Å²) in [4.78, 5) is 17.0. The molecule has 1 unspecified atom stereocenters. The summed E-state index contributed by atoms with van der Waals surface area (Å²) in [6, 6.07) is 7.56. The molecule has 1 aromatic heterocycles. The number of pyridine rings is 1. The number of amides is 1. The van der Waals surface area contributed by atoms with Crippen LogP contribution in [-0.4, -0.2) is 24.9 Å².